The quantitative estimate of drug-likeness (QED) is 0.801. The standard InChI is InChI=1S/C11H14FN3O/c1-6(16)10(13)11-14-8-4-3-7(12)5-9(8)15(11)2/h3-6,10,16H,13H2,1-2H3. The Hall–Kier alpha value is -1.46. The van der Waals surface area contributed by atoms with Crippen molar-refractivity contribution in [1.82, 2.24) is 9.55 Å². The summed E-state index contributed by atoms with van der Waals surface area (Å²) in [5, 5.41) is 9.43. The number of benzene rings is 1. The van der Waals surface area contributed by atoms with Crippen molar-refractivity contribution in [1.29, 1.82) is 0 Å². The molecule has 0 bridgehead atoms. The molecule has 0 aliphatic heterocycles. The summed E-state index contributed by atoms with van der Waals surface area (Å²) in [5.41, 5.74) is 7.16. The molecule has 1 aromatic carbocycles. The van der Waals surface area contributed by atoms with E-state index in [1.165, 1.54) is 12.1 Å². The number of fused-ring (bicyclic) bond motifs is 1. The predicted octanol–water partition coefficient (Wildman–Crippen LogP) is 1.09. The lowest BCUT2D eigenvalue weighted by molar-refractivity contribution is 0.159. The zero-order chi connectivity index (χ0) is 11.9. The number of nitrogens with zero attached hydrogens (tertiary/aromatic N) is 2. The van der Waals surface area contributed by atoms with E-state index in [1.807, 2.05) is 0 Å². The average Bonchev–Trinajstić information content (AvgIpc) is 2.55. The Labute approximate surface area is 92.5 Å². The Balaban J connectivity index is 2.60. The Morgan fingerprint density at radius 1 is 1.50 bits per heavy atom. The van der Waals surface area contributed by atoms with E-state index in [1.54, 1.807) is 24.6 Å². The third-order valence-corrected chi connectivity index (χ3v) is 2.70. The highest BCUT2D eigenvalue weighted by Gasteiger charge is 2.19. The number of halogens is 1. The fourth-order valence-electron chi connectivity index (χ4n) is 1.70. The molecule has 2 rings (SSSR count). The van der Waals surface area contributed by atoms with Gasteiger partial charge in [0, 0.05) is 7.05 Å². The summed E-state index contributed by atoms with van der Waals surface area (Å²) in [5.74, 6) is 0.239. The first-order valence-electron chi connectivity index (χ1n) is 5.06. The first-order valence-corrected chi connectivity index (χ1v) is 5.06. The second-order valence-electron chi connectivity index (χ2n) is 3.93. The van der Waals surface area contributed by atoms with Crippen LogP contribution in [0.15, 0.2) is 18.2 Å². The highest BCUT2D eigenvalue weighted by molar-refractivity contribution is 5.76. The second-order valence-corrected chi connectivity index (χ2v) is 3.93. The summed E-state index contributed by atoms with van der Waals surface area (Å²) < 4.78 is 14.8. The number of hydrogen-bond acceptors (Lipinski definition) is 3. The number of aromatic nitrogens is 2. The van der Waals surface area contributed by atoms with E-state index in [2.05, 4.69) is 4.98 Å². The SMILES string of the molecule is CC(O)C(N)c1nc2ccc(F)cc2n1C. The van der Waals surface area contributed by atoms with Crippen molar-refractivity contribution in [2.24, 2.45) is 12.8 Å². The number of aliphatic hydroxyl groups is 1. The molecule has 2 unspecified atom stereocenters. The molecular formula is C11H14FN3O. The van der Waals surface area contributed by atoms with Crippen LogP contribution in [0.2, 0.25) is 0 Å². The summed E-state index contributed by atoms with van der Waals surface area (Å²) in [6.07, 6.45) is -0.694. The Morgan fingerprint density at radius 2 is 2.19 bits per heavy atom. The minimum absolute atomic E-state index is 0.312. The van der Waals surface area contributed by atoms with Crippen molar-refractivity contribution >= 4 is 11.0 Å². The molecule has 2 aromatic rings. The average molecular weight is 223 g/mol. The molecule has 0 radical (unpaired) electrons. The molecule has 5 heteroatoms. The number of aryl methyl sites for hydroxylation is 1. The van der Waals surface area contributed by atoms with Crippen molar-refractivity contribution in [3.05, 3.63) is 29.8 Å². The van der Waals surface area contributed by atoms with E-state index in [-0.39, 0.29) is 5.82 Å². The van der Waals surface area contributed by atoms with Gasteiger partial charge in [-0.2, -0.15) is 0 Å². The first-order chi connectivity index (χ1) is 7.50. The smallest absolute Gasteiger partial charge is 0.129 e. The third-order valence-electron chi connectivity index (χ3n) is 2.70. The molecule has 0 spiro atoms. The largest absolute Gasteiger partial charge is 0.391 e. The number of rotatable bonds is 2. The van der Waals surface area contributed by atoms with Crippen molar-refractivity contribution in [2.45, 2.75) is 19.1 Å². The lowest BCUT2D eigenvalue weighted by Gasteiger charge is -2.14. The van der Waals surface area contributed by atoms with Gasteiger partial charge >= 0.3 is 0 Å². The van der Waals surface area contributed by atoms with Gasteiger partial charge in [-0.05, 0) is 25.1 Å². The van der Waals surface area contributed by atoms with Gasteiger partial charge < -0.3 is 15.4 Å². The van der Waals surface area contributed by atoms with Crippen LogP contribution in [0, 0.1) is 5.82 Å². The molecule has 0 fully saturated rings. The van der Waals surface area contributed by atoms with Crippen LogP contribution in [0.3, 0.4) is 0 Å². The molecule has 2 atom stereocenters. The van der Waals surface area contributed by atoms with Crippen LogP contribution in [0.1, 0.15) is 18.8 Å². The third kappa shape index (κ3) is 1.68. The van der Waals surface area contributed by atoms with Crippen LogP contribution >= 0.6 is 0 Å². The Bertz CT molecular complexity index is 521. The molecule has 0 saturated carbocycles. The maximum Gasteiger partial charge on any atom is 0.129 e. The number of nitrogens with two attached hydrogens (primary N) is 1. The fourth-order valence-corrected chi connectivity index (χ4v) is 1.70. The van der Waals surface area contributed by atoms with Gasteiger partial charge in [-0.15, -0.1) is 0 Å². The maximum absolute atomic E-state index is 13.1. The van der Waals surface area contributed by atoms with E-state index in [4.69, 9.17) is 5.73 Å². The maximum atomic E-state index is 13.1. The Morgan fingerprint density at radius 3 is 2.81 bits per heavy atom. The van der Waals surface area contributed by atoms with Gasteiger partial charge in [0.2, 0.25) is 0 Å². The van der Waals surface area contributed by atoms with E-state index in [0.29, 0.717) is 16.9 Å². The molecule has 0 aliphatic carbocycles. The first kappa shape index (κ1) is 11.0. The molecule has 1 heterocycles. The normalized spacial score (nSPS) is 15.3. The molecule has 3 N–H and O–H groups in total. The second kappa shape index (κ2) is 3.84. The van der Waals surface area contributed by atoms with Gasteiger partial charge in [-0.3, -0.25) is 0 Å². The number of aliphatic hydroxyl groups excluding tert-OH is 1. The lowest BCUT2D eigenvalue weighted by Crippen LogP contribution is -2.26. The monoisotopic (exact) mass is 223 g/mol. The highest BCUT2D eigenvalue weighted by atomic mass is 19.1. The number of imidazole rings is 1. The van der Waals surface area contributed by atoms with Crippen LogP contribution in [-0.4, -0.2) is 20.8 Å². The summed E-state index contributed by atoms with van der Waals surface area (Å²) >= 11 is 0. The van der Waals surface area contributed by atoms with Crippen molar-refractivity contribution in [3.8, 4) is 0 Å². The minimum atomic E-state index is -0.694. The van der Waals surface area contributed by atoms with Crippen LogP contribution < -0.4 is 5.73 Å². The van der Waals surface area contributed by atoms with Crippen LogP contribution in [0.25, 0.3) is 11.0 Å². The van der Waals surface area contributed by atoms with E-state index >= 15 is 0 Å². The summed E-state index contributed by atoms with van der Waals surface area (Å²) in [4.78, 5) is 4.29. The van der Waals surface area contributed by atoms with Crippen LogP contribution in [-0.2, 0) is 7.05 Å². The zero-order valence-electron chi connectivity index (χ0n) is 9.18. The van der Waals surface area contributed by atoms with Gasteiger partial charge in [-0.25, -0.2) is 9.37 Å². The van der Waals surface area contributed by atoms with Crippen molar-refractivity contribution in [2.75, 3.05) is 0 Å². The molecular weight excluding hydrogens is 209 g/mol. The minimum Gasteiger partial charge on any atom is -0.391 e. The van der Waals surface area contributed by atoms with E-state index in [0.717, 1.165) is 0 Å². The van der Waals surface area contributed by atoms with Crippen LogP contribution in [0.5, 0.6) is 0 Å². The number of hydrogen-bond donors (Lipinski definition) is 2. The molecule has 86 valence electrons. The van der Waals surface area contributed by atoms with Gasteiger partial charge in [0.25, 0.3) is 0 Å². The van der Waals surface area contributed by atoms with E-state index in [9.17, 15) is 9.50 Å². The highest BCUT2D eigenvalue weighted by Crippen LogP contribution is 2.20. The molecule has 0 amide bonds. The topological polar surface area (TPSA) is 64.1 Å². The van der Waals surface area contributed by atoms with Gasteiger partial charge in [-0.1, -0.05) is 0 Å². The van der Waals surface area contributed by atoms with Gasteiger partial charge in [0.15, 0.2) is 0 Å². The fraction of sp³-hybridized carbons (Fsp3) is 0.364. The molecule has 1 aromatic heterocycles. The summed E-state index contributed by atoms with van der Waals surface area (Å²) in [7, 11) is 1.76. The molecule has 16 heavy (non-hydrogen) atoms. The predicted molar refractivity (Wildman–Crippen MR) is 59.3 cm³/mol. The summed E-state index contributed by atoms with van der Waals surface area (Å²) in [6, 6.07) is 3.79. The summed E-state index contributed by atoms with van der Waals surface area (Å²) in [6.45, 7) is 1.60. The molecule has 4 nitrogen and oxygen atoms in total. The zero-order valence-corrected chi connectivity index (χ0v) is 9.18. The molecule has 0 aliphatic rings. The van der Waals surface area contributed by atoms with Crippen molar-refractivity contribution < 1.29 is 9.50 Å². The lowest BCUT2D eigenvalue weighted by atomic mass is 10.2. The Kier molecular flexibility index (Phi) is 2.65. The van der Waals surface area contributed by atoms with E-state index < -0.39 is 12.1 Å². The van der Waals surface area contributed by atoms with Gasteiger partial charge in [0.05, 0.1) is 23.2 Å². The molecule has 0 saturated heterocycles. The van der Waals surface area contributed by atoms with Crippen LogP contribution in [0.4, 0.5) is 4.39 Å². The van der Waals surface area contributed by atoms with Gasteiger partial charge in [0.1, 0.15) is 11.6 Å². The van der Waals surface area contributed by atoms with Crippen molar-refractivity contribution in [3.63, 3.8) is 0 Å².